The number of rotatable bonds is 9. The van der Waals surface area contributed by atoms with E-state index in [1.54, 1.807) is 48.5 Å². The van der Waals surface area contributed by atoms with E-state index in [0.717, 1.165) is 5.56 Å². The largest absolute Gasteiger partial charge is 0.495 e. The Labute approximate surface area is 203 Å². The van der Waals surface area contributed by atoms with Crippen LogP contribution in [0.15, 0.2) is 84.0 Å². The third-order valence-corrected chi connectivity index (χ3v) is 4.87. The number of carbonyl (C=O) groups excluding carboxylic acids is 3. The maximum absolute atomic E-state index is 12.1. The molecular weight excluding hydrogens is 448 g/mol. The molecule has 9 heteroatoms. The number of benzene rings is 3. The molecule has 35 heavy (non-hydrogen) atoms. The Balaban J connectivity index is 1.43. The number of nitrogens with zero attached hydrogens (tertiary/aromatic N) is 1. The topological polar surface area (TPSA) is 118 Å². The summed E-state index contributed by atoms with van der Waals surface area (Å²) in [6, 6.07) is 23.0. The monoisotopic (exact) mass is 474 g/mol. The molecule has 0 bridgehead atoms. The number of ether oxygens (including phenoxy) is 2. The van der Waals surface area contributed by atoms with E-state index in [9.17, 15) is 14.4 Å². The van der Waals surface area contributed by atoms with Crippen molar-refractivity contribution >= 4 is 29.6 Å². The van der Waals surface area contributed by atoms with Crippen molar-refractivity contribution in [1.29, 1.82) is 0 Å². The third kappa shape index (κ3) is 7.71. The smallest absolute Gasteiger partial charge is 0.329 e. The first-order chi connectivity index (χ1) is 17.0. The Kier molecular flexibility index (Phi) is 8.95. The van der Waals surface area contributed by atoms with Crippen LogP contribution in [0.2, 0.25) is 0 Å². The highest BCUT2D eigenvalue weighted by Crippen LogP contribution is 2.22. The van der Waals surface area contributed by atoms with E-state index in [1.165, 1.54) is 13.3 Å². The first-order valence-corrected chi connectivity index (χ1v) is 10.8. The number of nitrogens with one attached hydrogen (secondary N) is 3. The summed E-state index contributed by atoms with van der Waals surface area (Å²) in [6.45, 7) is 1.78. The van der Waals surface area contributed by atoms with E-state index in [-0.39, 0.29) is 18.6 Å². The van der Waals surface area contributed by atoms with Gasteiger partial charge in [-0.15, -0.1) is 0 Å². The number of hydrazone groups is 1. The van der Waals surface area contributed by atoms with Crippen LogP contribution in [0.5, 0.6) is 11.5 Å². The third-order valence-electron chi connectivity index (χ3n) is 4.87. The zero-order valence-electron chi connectivity index (χ0n) is 19.4. The van der Waals surface area contributed by atoms with Crippen molar-refractivity contribution in [2.45, 2.75) is 13.0 Å². The fourth-order valence-electron chi connectivity index (χ4n) is 3.05. The van der Waals surface area contributed by atoms with E-state index < -0.39 is 11.8 Å². The molecule has 3 aromatic rings. The van der Waals surface area contributed by atoms with Crippen molar-refractivity contribution in [2.75, 3.05) is 19.0 Å². The van der Waals surface area contributed by atoms with Crippen LogP contribution in [0.3, 0.4) is 0 Å². The molecule has 3 rings (SSSR count). The summed E-state index contributed by atoms with van der Waals surface area (Å²) >= 11 is 0. The van der Waals surface area contributed by atoms with Gasteiger partial charge in [-0.05, 0) is 54.4 Å². The van der Waals surface area contributed by atoms with E-state index >= 15 is 0 Å². The molecule has 0 aromatic heterocycles. The van der Waals surface area contributed by atoms with Gasteiger partial charge in [0.2, 0.25) is 0 Å². The summed E-state index contributed by atoms with van der Waals surface area (Å²) in [6.07, 6.45) is 1.38. The number of amides is 3. The summed E-state index contributed by atoms with van der Waals surface area (Å²) in [5, 5.41) is 9.13. The highest BCUT2D eigenvalue weighted by molar-refractivity contribution is 6.39. The van der Waals surface area contributed by atoms with E-state index in [2.05, 4.69) is 21.2 Å². The molecule has 3 aromatic carbocycles. The van der Waals surface area contributed by atoms with Crippen LogP contribution in [0, 0.1) is 0 Å². The number of carbonyl (C=O) groups is 3. The average molecular weight is 475 g/mol. The Bertz CT molecular complexity index is 1180. The maximum Gasteiger partial charge on any atom is 0.329 e. The van der Waals surface area contributed by atoms with Crippen LogP contribution in [0.4, 0.5) is 5.69 Å². The normalized spacial score (nSPS) is 11.4. The van der Waals surface area contributed by atoms with E-state index in [0.29, 0.717) is 22.7 Å². The molecule has 0 saturated heterocycles. The Morgan fingerprint density at radius 2 is 1.60 bits per heavy atom. The average Bonchev–Trinajstić information content (AvgIpc) is 2.89. The van der Waals surface area contributed by atoms with E-state index in [4.69, 9.17) is 9.47 Å². The predicted molar refractivity (Wildman–Crippen MR) is 132 cm³/mol. The summed E-state index contributed by atoms with van der Waals surface area (Å²) in [5.41, 5.74) is 4.21. The quantitative estimate of drug-likeness (QED) is 0.250. The summed E-state index contributed by atoms with van der Waals surface area (Å²) in [7, 11) is 1.47. The Morgan fingerprint density at radius 1 is 0.914 bits per heavy atom. The second-order valence-corrected chi connectivity index (χ2v) is 7.41. The van der Waals surface area contributed by atoms with Crippen molar-refractivity contribution < 1.29 is 23.9 Å². The van der Waals surface area contributed by atoms with Gasteiger partial charge >= 0.3 is 11.8 Å². The summed E-state index contributed by atoms with van der Waals surface area (Å²) in [4.78, 5) is 36.2. The maximum atomic E-state index is 12.1. The molecule has 9 nitrogen and oxygen atoms in total. The molecule has 0 aliphatic rings. The standard InChI is InChI=1S/C26H26N4O5/c1-18(20-8-4-3-5-9-20)28-24(31)17-35-21-14-12-19(13-15-21)16-27-30-26(33)25(32)29-22-10-6-7-11-23(22)34-2/h3-16,18H,17H2,1-2H3,(H,28,31)(H,29,32)(H,30,33)/b27-16-/t18-/m0/s1. The zero-order chi connectivity index (χ0) is 25.0. The van der Waals surface area contributed by atoms with Crippen LogP contribution in [0.1, 0.15) is 24.1 Å². The number of anilines is 1. The molecule has 0 aliphatic heterocycles. The van der Waals surface area contributed by atoms with Crippen LogP contribution >= 0.6 is 0 Å². The second-order valence-electron chi connectivity index (χ2n) is 7.41. The van der Waals surface area contributed by atoms with Gasteiger partial charge < -0.3 is 20.1 Å². The molecule has 0 fully saturated rings. The van der Waals surface area contributed by atoms with Crippen LogP contribution in [0.25, 0.3) is 0 Å². The van der Waals surface area contributed by atoms with Crippen molar-refractivity contribution in [3.8, 4) is 11.5 Å². The van der Waals surface area contributed by atoms with Crippen molar-refractivity contribution in [1.82, 2.24) is 10.7 Å². The number of hydrogen-bond acceptors (Lipinski definition) is 6. The minimum absolute atomic E-state index is 0.123. The highest BCUT2D eigenvalue weighted by atomic mass is 16.5. The second kappa shape index (κ2) is 12.5. The SMILES string of the molecule is COc1ccccc1NC(=O)C(=O)N/N=C\c1ccc(OCC(=O)N[C@@H](C)c2ccccc2)cc1. The Morgan fingerprint density at radius 3 is 2.31 bits per heavy atom. The molecule has 0 heterocycles. The zero-order valence-corrected chi connectivity index (χ0v) is 19.4. The van der Waals surface area contributed by atoms with Gasteiger partial charge in [0.15, 0.2) is 6.61 Å². The van der Waals surface area contributed by atoms with Gasteiger partial charge in [0.05, 0.1) is 25.1 Å². The van der Waals surface area contributed by atoms with Gasteiger partial charge in [-0.3, -0.25) is 14.4 Å². The van der Waals surface area contributed by atoms with Gasteiger partial charge in [0, 0.05) is 0 Å². The van der Waals surface area contributed by atoms with Crippen molar-refractivity contribution in [3.05, 3.63) is 90.0 Å². The highest BCUT2D eigenvalue weighted by Gasteiger charge is 2.15. The minimum atomic E-state index is -0.928. The van der Waals surface area contributed by atoms with Gasteiger partial charge in [0.25, 0.3) is 5.91 Å². The lowest BCUT2D eigenvalue weighted by molar-refractivity contribution is -0.136. The summed E-state index contributed by atoms with van der Waals surface area (Å²) < 4.78 is 10.7. The van der Waals surface area contributed by atoms with Gasteiger partial charge in [-0.2, -0.15) is 5.10 Å². The molecule has 180 valence electrons. The van der Waals surface area contributed by atoms with Crippen LogP contribution in [-0.4, -0.2) is 37.7 Å². The molecular formula is C26H26N4O5. The number of para-hydroxylation sites is 2. The molecule has 3 amide bonds. The number of methoxy groups -OCH3 is 1. The molecule has 0 unspecified atom stereocenters. The molecule has 0 radical (unpaired) electrons. The fourth-order valence-corrected chi connectivity index (χ4v) is 3.05. The first-order valence-electron chi connectivity index (χ1n) is 10.8. The van der Waals surface area contributed by atoms with Gasteiger partial charge in [0.1, 0.15) is 11.5 Å². The van der Waals surface area contributed by atoms with Crippen LogP contribution < -0.4 is 25.5 Å². The van der Waals surface area contributed by atoms with Crippen molar-refractivity contribution in [2.24, 2.45) is 5.10 Å². The molecule has 0 saturated carbocycles. The van der Waals surface area contributed by atoms with Gasteiger partial charge in [-0.1, -0.05) is 42.5 Å². The van der Waals surface area contributed by atoms with Crippen LogP contribution in [-0.2, 0) is 14.4 Å². The van der Waals surface area contributed by atoms with Crippen molar-refractivity contribution in [3.63, 3.8) is 0 Å². The predicted octanol–water partition coefficient (Wildman–Crippen LogP) is 3.04. The first kappa shape index (κ1) is 25.0. The molecule has 0 aliphatic carbocycles. The lowest BCUT2D eigenvalue weighted by Crippen LogP contribution is -2.32. The lowest BCUT2D eigenvalue weighted by atomic mass is 10.1. The minimum Gasteiger partial charge on any atom is -0.495 e. The number of hydrogen-bond donors (Lipinski definition) is 3. The lowest BCUT2D eigenvalue weighted by Gasteiger charge is -2.14. The van der Waals surface area contributed by atoms with E-state index in [1.807, 2.05) is 37.3 Å². The summed E-state index contributed by atoms with van der Waals surface area (Å²) in [5.74, 6) is -1.10. The molecule has 3 N–H and O–H groups in total. The fraction of sp³-hybridized carbons (Fsp3) is 0.154. The Hall–Kier alpha value is -4.66. The molecule has 0 spiro atoms. The van der Waals surface area contributed by atoms with Gasteiger partial charge in [-0.25, -0.2) is 5.43 Å². The molecule has 1 atom stereocenters.